The molecule has 3 aromatic rings. The van der Waals surface area contributed by atoms with Gasteiger partial charge in [-0.05, 0) is 113 Å². The van der Waals surface area contributed by atoms with Crippen LogP contribution in [0.2, 0.25) is 0 Å². The van der Waals surface area contributed by atoms with Crippen LogP contribution < -0.4 is 5.73 Å². The summed E-state index contributed by atoms with van der Waals surface area (Å²) >= 11 is 0. The minimum absolute atomic E-state index is 0.205. The van der Waals surface area contributed by atoms with Gasteiger partial charge in [0.1, 0.15) is 0 Å². The number of aromatic nitrogens is 1. The summed E-state index contributed by atoms with van der Waals surface area (Å²) in [6.45, 7) is 12.2. The van der Waals surface area contributed by atoms with E-state index in [-0.39, 0.29) is 11.8 Å². The van der Waals surface area contributed by atoms with E-state index in [0.717, 1.165) is 23.3 Å². The molecule has 34 heavy (non-hydrogen) atoms. The monoisotopic (exact) mass is 457 g/mol. The summed E-state index contributed by atoms with van der Waals surface area (Å²) in [5.74, 6) is 1.17. The van der Waals surface area contributed by atoms with Gasteiger partial charge < -0.3 is 15.6 Å². The topological polar surface area (TPSA) is 62.1 Å². The van der Waals surface area contributed by atoms with E-state index >= 15 is 0 Å². The second-order valence-electron chi connectivity index (χ2n) is 11.4. The second-order valence-corrected chi connectivity index (χ2v) is 11.4. The molecule has 0 spiro atoms. The molecule has 3 aliphatic rings. The number of fused-ring (bicyclic) bond motifs is 4. The van der Waals surface area contributed by atoms with Crippen molar-refractivity contribution < 1.29 is 4.79 Å². The van der Waals surface area contributed by atoms with Crippen LogP contribution in [-0.2, 0) is 10.2 Å². The number of nitrogens with two attached hydrogens (primary N) is 1. The van der Waals surface area contributed by atoms with E-state index < -0.39 is 5.41 Å². The highest BCUT2D eigenvalue weighted by atomic mass is 16.2. The van der Waals surface area contributed by atoms with Gasteiger partial charge in [-0.1, -0.05) is 30.2 Å². The van der Waals surface area contributed by atoms with Crippen LogP contribution in [0.25, 0.3) is 22.2 Å². The molecule has 4 nitrogen and oxygen atoms in total. The van der Waals surface area contributed by atoms with Crippen molar-refractivity contribution >= 4 is 16.8 Å². The molecule has 180 valence electrons. The Kier molecular flexibility index (Phi) is 5.84. The quantitative estimate of drug-likeness (QED) is 0.480. The van der Waals surface area contributed by atoms with Crippen LogP contribution in [0.4, 0.5) is 0 Å². The summed E-state index contributed by atoms with van der Waals surface area (Å²) in [5, 5.41) is 1.19. The van der Waals surface area contributed by atoms with Crippen molar-refractivity contribution in [1.29, 1.82) is 0 Å². The number of hydrogen-bond donors (Lipinski definition) is 2. The van der Waals surface area contributed by atoms with Gasteiger partial charge in [-0.2, -0.15) is 0 Å². The summed E-state index contributed by atoms with van der Waals surface area (Å²) in [4.78, 5) is 19.7. The summed E-state index contributed by atoms with van der Waals surface area (Å²) in [7, 11) is 0. The van der Waals surface area contributed by atoms with Crippen LogP contribution in [0.15, 0.2) is 36.4 Å². The molecule has 1 aliphatic carbocycles. The normalized spacial score (nSPS) is 21.3. The summed E-state index contributed by atoms with van der Waals surface area (Å²) < 4.78 is 0. The van der Waals surface area contributed by atoms with E-state index in [1.807, 2.05) is 0 Å². The molecule has 2 saturated heterocycles. The zero-order chi connectivity index (χ0) is 24.2. The first kappa shape index (κ1) is 23.2. The van der Waals surface area contributed by atoms with E-state index in [4.69, 9.17) is 5.73 Å². The maximum absolute atomic E-state index is 13.8. The third kappa shape index (κ3) is 3.86. The number of carbonyl (C=O) groups is 1. The second kappa shape index (κ2) is 8.57. The lowest BCUT2D eigenvalue weighted by atomic mass is 9.76. The lowest BCUT2D eigenvalue weighted by Gasteiger charge is -2.47. The number of nitrogens with one attached hydrogen (secondary N) is 1. The van der Waals surface area contributed by atoms with Gasteiger partial charge in [0.2, 0.25) is 5.91 Å². The fourth-order valence-electron chi connectivity index (χ4n) is 6.38. The Morgan fingerprint density at radius 1 is 1.09 bits per heavy atom. The molecule has 2 bridgehead atoms. The highest BCUT2D eigenvalue weighted by Gasteiger charge is 2.42. The van der Waals surface area contributed by atoms with E-state index in [1.54, 1.807) is 0 Å². The van der Waals surface area contributed by atoms with E-state index in [2.05, 4.69) is 80.9 Å². The number of H-pyrrole nitrogens is 1. The summed E-state index contributed by atoms with van der Waals surface area (Å²) in [6, 6.07) is 13.7. The summed E-state index contributed by atoms with van der Waals surface area (Å²) in [6.07, 6.45) is 4.90. The van der Waals surface area contributed by atoms with Gasteiger partial charge in [-0.25, -0.2) is 0 Å². The number of hydrogen-bond acceptors (Lipinski definition) is 2. The Bertz CT molecular complexity index is 1210. The molecule has 1 amide bonds. The van der Waals surface area contributed by atoms with Gasteiger partial charge >= 0.3 is 0 Å². The minimum atomic E-state index is -0.563. The number of amides is 1. The Hall–Kier alpha value is -2.59. The first-order chi connectivity index (χ1) is 16.2. The standard InChI is InChI=1S/C30H39N3O/c1-18-12-19(2)14-22(13-18)28-27(20(3)16-31)25-15-23(8-11-26(25)32-28)30(4,5)29(34)33-17-21-6-9-24(33)10-7-21/h8,11-15,20-21,24,32H,6-7,9-10,16-17,31H2,1-5H3/t20-,21?,24?/m1/s1. The Labute approximate surface area is 203 Å². The van der Waals surface area contributed by atoms with Crippen molar-refractivity contribution in [3.05, 3.63) is 58.7 Å². The number of carbonyl (C=O) groups excluding carboxylic acids is 1. The third-order valence-electron chi connectivity index (χ3n) is 8.42. The zero-order valence-corrected chi connectivity index (χ0v) is 21.4. The largest absolute Gasteiger partial charge is 0.354 e. The van der Waals surface area contributed by atoms with Gasteiger partial charge in [0.15, 0.2) is 0 Å². The molecular formula is C30H39N3O. The molecule has 1 aromatic heterocycles. The molecule has 1 atom stereocenters. The number of rotatable bonds is 5. The predicted molar refractivity (Wildman–Crippen MR) is 141 cm³/mol. The third-order valence-corrected chi connectivity index (χ3v) is 8.42. The molecule has 0 unspecified atom stereocenters. The van der Waals surface area contributed by atoms with Crippen LogP contribution in [0.5, 0.6) is 0 Å². The number of aryl methyl sites for hydroxylation is 2. The molecule has 1 saturated carbocycles. The van der Waals surface area contributed by atoms with Crippen LogP contribution in [0, 0.1) is 19.8 Å². The molecule has 2 aliphatic heterocycles. The molecule has 2 aromatic carbocycles. The van der Waals surface area contributed by atoms with Crippen molar-refractivity contribution in [2.45, 2.75) is 77.7 Å². The lowest BCUT2D eigenvalue weighted by molar-refractivity contribution is -0.144. The van der Waals surface area contributed by atoms with Crippen molar-refractivity contribution in [3.63, 3.8) is 0 Å². The van der Waals surface area contributed by atoms with Crippen molar-refractivity contribution in [1.82, 2.24) is 9.88 Å². The Morgan fingerprint density at radius 3 is 2.35 bits per heavy atom. The molecule has 3 heterocycles. The molecule has 0 radical (unpaired) electrons. The zero-order valence-electron chi connectivity index (χ0n) is 21.4. The van der Waals surface area contributed by atoms with Crippen molar-refractivity contribution in [2.24, 2.45) is 11.7 Å². The van der Waals surface area contributed by atoms with Crippen LogP contribution in [0.1, 0.15) is 74.6 Å². The van der Waals surface area contributed by atoms with Gasteiger partial charge in [-0.15, -0.1) is 0 Å². The average molecular weight is 458 g/mol. The molecular weight excluding hydrogens is 418 g/mol. The summed E-state index contributed by atoms with van der Waals surface area (Å²) in [5.41, 5.74) is 13.9. The first-order valence-electron chi connectivity index (χ1n) is 12.9. The Balaban J connectivity index is 1.59. The SMILES string of the molecule is Cc1cc(C)cc(-c2[nH]c3ccc(C(C)(C)C(=O)N4CC5CCC4CC5)cc3c2[C@H](C)CN)c1. The molecule has 6 rings (SSSR count). The van der Waals surface area contributed by atoms with Crippen molar-refractivity contribution in [2.75, 3.05) is 13.1 Å². The van der Waals surface area contributed by atoms with Gasteiger partial charge in [0.05, 0.1) is 11.1 Å². The first-order valence-corrected chi connectivity index (χ1v) is 12.9. The van der Waals surface area contributed by atoms with Gasteiger partial charge in [0, 0.05) is 23.5 Å². The van der Waals surface area contributed by atoms with E-state index in [0.29, 0.717) is 18.5 Å². The number of nitrogens with zero attached hydrogens (tertiary/aromatic N) is 1. The van der Waals surface area contributed by atoms with Crippen LogP contribution in [0.3, 0.4) is 0 Å². The average Bonchev–Trinajstić information content (AvgIpc) is 3.22. The minimum Gasteiger partial charge on any atom is -0.354 e. The van der Waals surface area contributed by atoms with Crippen LogP contribution >= 0.6 is 0 Å². The van der Waals surface area contributed by atoms with E-state index in [9.17, 15) is 4.79 Å². The predicted octanol–water partition coefficient (Wildman–Crippen LogP) is 6.19. The number of benzene rings is 2. The lowest BCUT2D eigenvalue weighted by Crippen LogP contribution is -2.55. The number of aromatic amines is 1. The van der Waals surface area contributed by atoms with Crippen molar-refractivity contribution in [3.8, 4) is 11.3 Å². The molecule has 3 fully saturated rings. The van der Waals surface area contributed by atoms with Gasteiger partial charge in [-0.3, -0.25) is 4.79 Å². The van der Waals surface area contributed by atoms with E-state index in [1.165, 1.54) is 53.3 Å². The maximum atomic E-state index is 13.8. The van der Waals surface area contributed by atoms with Crippen LogP contribution in [-0.4, -0.2) is 34.9 Å². The Morgan fingerprint density at radius 2 is 1.76 bits per heavy atom. The smallest absolute Gasteiger partial charge is 0.232 e. The highest BCUT2D eigenvalue weighted by Crippen LogP contribution is 2.41. The fourth-order valence-corrected chi connectivity index (χ4v) is 6.38. The highest BCUT2D eigenvalue weighted by molar-refractivity contribution is 5.94. The molecule has 3 N–H and O–H groups in total. The van der Waals surface area contributed by atoms with Gasteiger partial charge in [0.25, 0.3) is 0 Å². The maximum Gasteiger partial charge on any atom is 0.232 e. The molecule has 4 heteroatoms. The number of piperidine rings is 2. The fraction of sp³-hybridized carbons (Fsp3) is 0.500.